The first-order valence-electron chi connectivity index (χ1n) is 7.67. The van der Waals surface area contributed by atoms with Gasteiger partial charge in [0, 0.05) is 44.0 Å². The Morgan fingerprint density at radius 2 is 1.79 bits per heavy atom. The summed E-state index contributed by atoms with van der Waals surface area (Å²) in [6, 6.07) is 6.74. The van der Waals surface area contributed by atoms with Gasteiger partial charge in [-0.3, -0.25) is 10.1 Å². The molecular weight excluding hydrogens is 328 g/mol. The van der Waals surface area contributed by atoms with E-state index in [0.29, 0.717) is 0 Å². The number of piperazine rings is 1. The first-order valence-corrected chi connectivity index (χ1v) is 8.49. The molecule has 24 heavy (non-hydrogen) atoms. The Bertz CT molecular complexity index is 848. The van der Waals surface area contributed by atoms with Gasteiger partial charge in [0.2, 0.25) is 10.1 Å². The van der Waals surface area contributed by atoms with E-state index >= 15 is 0 Å². The van der Waals surface area contributed by atoms with Crippen LogP contribution in [-0.2, 0) is 0 Å². The van der Waals surface area contributed by atoms with Crippen LogP contribution in [0.3, 0.4) is 0 Å². The Kier molecular flexibility index (Phi) is 3.57. The number of rotatable bonds is 3. The summed E-state index contributed by atoms with van der Waals surface area (Å²) in [7, 11) is 0. The molecule has 0 bridgehead atoms. The number of nitro benzene ring substituents is 1. The van der Waals surface area contributed by atoms with Gasteiger partial charge < -0.3 is 9.80 Å². The van der Waals surface area contributed by atoms with Crippen molar-refractivity contribution in [1.82, 2.24) is 14.6 Å². The standard InChI is InChI=1S/C15H16N6O2S/c1-11-10-20-14(16-11)24-15(17-20)19-8-6-18(7-9-19)12-2-4-13(5-3-12)21(22)23/h2-5,10H,6-9H2,1H3. The molecule has 9 heteroatoms. The van der Waals surface area contributed by atoms with Crippen LogP contribution in [0.25, 0.3) is 4.96 Å². The van der Waals surface area contributed by atoms with E-state index in [-0.39, 0.29) is 10.6 Å². The number of aromatic nitrogens is 3. The highest BCUT2D eigenvalue weighted by Gasteiger charge is 2.21. The van der Waals surface area contributed by atoms with Crippen LogP contribution in [0.15, 0.2) is 30.5 Å². The zero-order chi connectivity index (χ0) is 16.7. The molecule has 4 rings (SSSR count). The number of aryl methyl sites for hydroxylation is 1. The third-order valence-corrected chi connectivity index (χ3v) is 5.11. The Labute approximate surface area is 142 Å². The second-order valence-corrected chi connectivity index (χ2v) is 6.68. The maximum atomic E-state index is 10.7. The van der Waals surface area contributed by atoms with E-state index in [4.69, 9.17) is 0 Å². The van der Waals surface area contributed by atoms with E-state index in [1.54, 1.807) is 23.5 Å². The second-order valence-electron chi connectivity index (χ2n) is 5.74. The van der Waals surface area contributed by atoms with Crippen molar-refractivity contribution in [2.24, 2.45) is 0 Å². The highest BCUT2D eigenvalue weighted by Crippen LogP contribution is 2.26. The molecule has 1 aliphatic heterocycles. The van der Waals surface area contributed by atoms with Crippen LogP contribution in [0, 0.1) is 17.0 Å². The van der Waals surface area contributed by atoms with E-state index in [1.165, 1.54) is 0 Å². The molecule has 0 aliphatic carbocycles. The van der Waals surface area contributed by atoms with Crippen LogP contribution >= 0.6 is 11.3 Å². The topological polar surface area (TPSA) is 79.8 Å². The molecule has 0 N–H and O–H groups in total. The fraction of sp³-hybridized carbons (Fsp3) is 0.333. The third kappa shape index (κ3) is 2.67. The molecular formula is C15H16N6O2S. The number of non-ortho nitro benzene ring substituents is 1. The van der Waals surface area contributed by atoms with Gasteiger partial charge in [-0.1, -0.05) is 11.3 Å². The average molecular weight is 344 g/mol. The Hall–Kier alpha value is -2.68. The van der Waals surface area contributed by atoms with E-state index in [9.17, 15) is 10.1 Å². The maximum Gasteiger partial charge on any atom is 0.269 e. The smallest absolute Gasteiger partial charge is 0.269 e. The summed E-state index contributed by atoms with van der Waals surface area (Å²) in [5.41, 5.74) is 2.12. The van der Waals surface area contributed by atoms with E-state index in [1.807, 2.05) is 29.8 Å². The van der Waals surface area contributed by atoms with Gasteiger partial charge in [-0.25, -0.2) is 9.50 Å². The number of anilines is 2. The monoisotopic (exact) mass is 344 g/mol. The normalized spacial score (nSPS) is 15.2. The Balaban J connectivity index is 1.44. The van der Waals surface area contributed by atoms with Crippen LogP contribution in [0.2, 0.25) is 0 Å². The van der Waals surface area contributed by atoms with Gasteiger partial charge in [-0.2, -0.15) is 0 Å². The minimum absolute atomic E-state index is 0.124. The number of hydrogen-bond acceptors (Lipinski definition) is 7. The zero-order valence-electron chi connectivity index (χ0n) is 13.1. The van der Waals surface area contributed by atoms with Crippen LogP contribution in [-0.4, -0.2) is 45.7 Å². The molecule has 0 saturated carbocycles. The molecule has 0 amide bonds. The number of benzene rings is 1. The fourth-order valence-corrected chi connectivity index (χ4v) is 3.85. The molecule has 8 nitrogen and oxygen atoms in total. The molecule has 0 unspecified atom stereocenters. The number of imidazole rings is 1. The van der Waals surface area contributed by atoms with E-state index < -0.39 is 0 Å². The lowest BCUT2D eigenvalue weighted by Gasteiger charge is -2.35. The molecule has 3 aromatic rings. The highest BCUT2D eigenvalue weighted by molar-refractivity contribution is 7.20. The molecule has 0 atom stereocenters. The molecule has 3 heterocycles. The van der Waals surface area contributed by atoms with Gasteiger partial charge in [0.05, 0.1) is 16.8 Å². The first-order chi connectivity index (χ1) is 11.6. The number of fused-ring (bicyclic) bond motifs is 1. The summed E-state index contributed by atoms with van der Waals surface area (Å²) in [5.74, 6) is 0. The van der Waals surface area contributed by atoms with Crippen molar-refractivity contribution in [3.8, 4) is 0 Å². The lowest BCUT2D eigenvalue weighted by atomic mass is 10.2. The Morgan fingerprint density at radius 3 is 2.42 bits per heavy atom. The highest BCUT2D eigenvalue weighted by atomic mass is 32.1. The van der Waals surface area contributed by atoms with Gasteiger partial charge >= 0.3 is 0 Å². The molecule has 1 aromatic carbocycles. The minimum atomic E-state index is -0.373. The molecule has 124 valence electrons. The number of nitro groups is 1. The van der Waals surface area contributed by atoms with Crippen LogP contribution in [0.1, 0.15) is 5.69 Å². The summed E-state index contributed by atoms with van der Waals surface area (Å²) in [6.45, 7) is 5.42. The van der Waals surface area contributed by atoms with Crippen LogP contribution in [0.4, 0.5) is 16.5 Å². The molecule has 0 spiro atoms. The third-order valence-electron chi connectivity index (χ3n) is 4.13. The molecule has 1 aliphatic rings. The van der Waals surface area contributed by atoms with E-state index in [2.05, 4.69) is 19.9 Å². The second kappa shape index (κ2) is 5.75. The van der Waals surface area contributed by atoms with Crippen molar-refractivity contribution in [2.45, 2.75) is 6.92 Å². The molecule has 2 aromatic heterocycles. The fourth-order valence-electron chi connectivity index (χ4n) is 2.87. The minimum Gasteiger partial charge on any atom is -0.368 e. The van der Waals surface area contributed by atoms with E-state index in [0.717, 1.165) is 47.7 Å². The Morgan fingerprint density at radius 1 is 1.12 bits per heavy atom. The summed E-state index contributed by atoms with van der Waals surface area (Å²) in [6.07, 6.45) is 1.93. The number of nitrogens with zero attached hydrogens (tertiary/aromatic N) is 6. The van der Waals surface area contributed by atoms with Gasteiger partial charge in [-0.15, -0.1) is 5.10 Å². The van der Waals surface area contributed by atoms with Crippen LogP contribution < -0.4 is 9.80 Å². The lowest BCUT2D eigenvalue weighted by molar-refractivity contribution is -0.384. The molecule has 1 fully saturated rings. The summed E-state index contributed by atoms with van der Waals surface area (Å²) < 4.78 is 1.83. The van der Waals surface area contributed by atoms with Gasteiger partial charge in [0.25, 0.3) is 5.69 Å². The maximum absolute atomic E-state index is 10.7. The van der Waals surface area contributed by atoms with Crippen molar-refractivity contribution in [2.75, 3.05) is 36.0 Å². The summed E-state index contributed by atoms with van der Waals surface area (Å²) >= 11 is 1.60. The zero-order valence-corrected chi connectivity index (χ0v) is 13.9. The van der Waals surface area contributed by atoms with Crippen molar-refractivity contribution in [3.05, 3.63) is 46.3 Å². The van der Waals surface area contributed by atoms with Crippen molar-refractivity contribution < 1.29 is 4.92 Å². The number of hydrogen-bond donors (Lipinski definition) is 0. The lowest BCUT2D eigenvalue weighted by Crippen LogP contribution is -2.46. The summed E-state index contributed by atoms with van der Waals surface area (Å²) in [5, 5.41) is 16.3. The molecule has 1 saturated heterocycles. The van der Waals surface area contributed by atoms with Crippen molar-refractivity contribution in [1.29, 1.82) is 0 Å². The average Bonchev–Trinajstić information content (AvgIpc) is 3.12. The predicted octanol–water partition coefficient (Wildman–Crippen LogP) is 2.33. The van der Waals surface area contributed by atoms with Crippen molar-refractivity contribution in [3.63, 3.8) is 0 Å². The van der Waals surface area contributed by atoms with Crippen LogP contribution in [0.5, 0.6) is 0 Å². The van der Waals surface area contributed by atoms with Gasteiger partial charge in [0.15, 0.2) is 0 Å². The largest absolute Gasteiger partial charge is 0.368 e. The first kappa shape index (κ1) is 14.9. The van der Waals surface area contributed by atoms with Gasteiger partial charge in [0.1, 0.15) is 0 Å². The van der Waals surface area contributed by atoms with Gasteiger partial charge in [-0.05, 0) is 19.1 Å². The SMILES string of the molecule is Cc1cn2nc(N3CCN(c4ccc([N+](=O)[O-])cc4)CC3)sc2n1. The van der Waals surface area contributed by atoms with Crippen molar-refractivity contribution >= 4 is 32.8 Å². The predicted molar refractivity (Wildman–Crippen MR) is 93.1 cm³/mol. The summed E-state index contributed by atoms with van der Waals surface area (Å²) in [4.78, 5) is 20.2. The molecule has 0 radical (unpaired) electrons. The quantitative estimate of drug-likeness (QED) is 0.536.